The predicted molar refractivity (Wildman–Crippen MR) is 22.8 cm³/mol. The summed E-state index contributed by atoms with van der Waals surface area (Å²) in [4.78, 5) is 4.75. The van der Waals surface area contributed by atoms with Crippen LogP contribution in [-0.4, -0.2) is 12.6 Å². The number of hydroxylamine groups is 1. The Hall–Kier alpha value is -0.0800. The Labute approximate surface area is 37.4 Å². The summed E-state index contributed by atoms with van der Waals surface area (Å²) in [5, 5.41) is 0. The average Bonchev–Trinajstić information content (AvgIpc) is 1.86. The molecule has 0 aliphatic carbocycles. The largest absolute Gasteiger partial charge is 0.301 e. The van der Waals surface area contributed by atoms with Gasteiger partial charge in [-0.05, 0) is 6.92 Å². The van der Waals surface area contributed by atoms with Crippen LogP contribution < -0.4 is 5.48 Å². The smallest absolute Gasteiger partial charge is 0.0730 e. The van der Waals surface area contributed by atoms with Crippen LogP contribution in [-0.2, 0) is 4.84 Å². The summed E-state index contributed by atoms with van der Waals surface area (Å²) < 4.78 is 0. The summed E-state index contributed by atoms with van der Waals surface area (Å²) in [6.07, 6.45) is 2.07. The lowest BCUT2D eigenvalue weighted by Crippen LogP contribution is -2.14. The molecule has 1 rings (SSSR count). The minimum absolute atomic E-state index is 0.449. The summed E-state index contributed by atoms with van der Waals surface area (Å²) in [7, 11) is 0. The van der Waals surface area contributed by atoms with Gasteiger partial charge in [0.15, 0.2) is 0 Å². The van der Waals surface area contributed by atoms with Crippen molar-refractivity contribution in [3.05, 3.63) is 6.42 Å². The van der Waals surface area contributed by atoms with E-state index in [1.165, 1.54) is 0 Å². The molecule has 0 saturated carbocycles. The summed E-state index contributed by atoms with van der Waals surface area (Å²) in [5.74, 6) is 0. The molecule has 0 aromatic rings. The molecule has 1 N–H and O–H groups in total. The maximum absolute atomic E-state index is 4.75. The molecule has 0 spiro atoms. The van der Waals surface area contributed by atoms with E-state index in [9.17, 15) is 0 Å². The highest BCUT2D eigenvalue weighted by atomic mass is 16.7. The molecule has 6 heavy (non-hydrogen) atoms. The van der Waals surface area contributed by atoms with Gasteiger partial charge in [-0.15, -0.1) is 0 Å². The second-order valence-corrected chi connectivity index (χ2v) is 1.45. The number of hydrogen-bond acceptors (Lipinski definition) is 2. The lowest BCUT2D eigenvalue weighted by molar-refractivity contribution is 0.0923. The summed E-state index contributed by atoms with van der Waals surface area (Å²) in [5.41, 5.74) is 2.76. The van der Waals surface area contributed by atoms with E-state index in [2.05, 4.69) is 11.9 Å². The monoisotopic (exact) mass is 86.1 g/mol. The van der Waals surface area contributed by atoms with Crippen molar-refractivity contribution in [1.82, 2.24) is 5.48 Å². The standard InChI is InChI=1S/C4H8NO/c1-4-2-3-6-5-4/h2,4-5H,3H2,1H3. The van der Waals surface area contributed by atoms with E-state index < -0.39 is 0 Å². The van der Waals surface area contributed by atoms with Crippen LogP contribution in [0.25, 0.3) is 0 Å². The van der Waals surface area contributed by atoms with E-state index in [1.807, 2.05) is 6.92 Å². The first-order valence-electron chi connectivity index (χ1n) is 2.10. The van der Waals surface area contributed by atoms with E-state index in [4.69, 9.17) is 4.84 Å². The second-order valence-electron chi connectivity index (χ2n) is 1.45. The molecule has 1 heterocycles. The number of rotatable bonds is 0. The van der Waals surface area contributed by atoms with Crippen molar-refractivity contribution in [2.45, 2.75) is 13.0 Å². The van der Waals surface area contributed by atoms with Crippen LogP contribution in [0, 0.1) is 6.42 Å². The highest BCUT2D eigenvalue weighted by molar-refractivity contribution is 4.79. The molecule has 1 unspecified atom stereocenters. The van der Waals surface area contributed by atoms with Gasteiger partial charge in [0, 0.05) is 12.5 Å². The number of nitrogens with one attached hydrogen (secondary N) is 1. The molecule has 35 valence electrons. The topological polar surface area (TPSA) is 21.3 Å². The molecule has 2 heteroatoms. The predicted octanol–water partition coefficient (Wildman–Crippen LogP) is 0.114. The minimum atomic E-state index is 0.449. The van der Waals surface area contributed by atoms with Crippen LogP contribution in [0.3, 0.4) is 0 Å². The maximum Gasteiger partial charge on any atom is 0.0730 e. The van der Waals surface area contributed by atoms with E-state index >= 15 is 0 Å². The van der Waals surface area contributed by atoms with Crippen molar-refractivity contribution in [1.29, 1.82) is 0 Å². The van der Waals surface area contributed by atoms with Gasteiger partial charge in [0.2, 0.25) is 0 Å². The molecular weight excluding hydrogens is 78.0 g/mol. The van der Waals surface area contributed by atoms with Crippen molar-refractivity contribution in [2.75, 3.05) is 6.61 Å². The summed E-state index contributed by atoms with van der Waals surface area (Å²) >= 11 is 0. The van der Waals surface area contributed by atoms with Crippen LogP contribution in [0.15, 0.2) is 0 Å². The Morgan fingerprint density at radius 3 is 3.00 bits per heavy atom. The Balaban J connectivity index is 2.18. The quantitative estimate of drug-likeness (QED) is 0.452. The first-order chi connectivity index (χ1) is 2.89. The molecule has 0 aromatic heterocycles. The van der Waals surface area contributed by atoms with Crippen LogP contribution in [0.4, 0.5) is 0 Å². The fraction of sp³-hybridized carbons (Fsp3) is 0.750. The van der Waals surface area contributed by atoms with Crippen LogP contribution in [0.1, 0.15) is 6.92 Å². The zero-order chi connectivity index (χ0) is 4.41. The number of hydrogen-bond donors (Lipinski definition) is 1. The normalized spacial score (nSPS) is 34.5. The summed E-state index contributed by atoms with van der Waals surface area (Å²) in [6, 6.07) is 0.449. The van der Waals surface area contributed by atoms with Gasteiger partial charge < -0.3 is 4.84 Å². The molecule has 1 aliphatic heterocycles. The van der Waals surface area contributed by atoms with Gasteiger partial charge in [-0.25, -0.2) is 0 Å². The second kappa shape index (κ2) is 1.58. The third-order valence-electron chi connectivity index (χ3n) is 0.802. The molecule has 0 amide bonds. The average molecular weight is 86.1 g/mol. The first-order valence-corrected chi connectivity index (χ1v) is 2.10. The molecule has 1 atom stereocenters. The minimum Gasteiger partial charge on any atom is -0.301 e. The van der Waals surface area contributed by atoms with Gasteiger partial charge in [-0.2, -0.15) is 5.48 Å². The zero-order valence-corrected chi connectivity index (χ0v) is 3.77. The van der Waals surface area contributed by atoms with Gasteiger partial charge in [0.25, 0.3) is 0 Å². The van der Waals surface area contributed by atoms with Crippen LogP contribution >= 0.6 is 0 Å². The summed E-state index contributed by atoms with van der Waals surface area (Å²) in [6.45, 7) is 2.80. The SMILES string of the molecule is CC1[CH]CON1. The fourth-order valence-electron chi connectivity index (χ4n) is 0.420. The third-order valence-corrected chi connectivity index (χ3v) is 0.802. The molecule has 1 saturated heterocycles. The zero-order valence-electron chi connectivity index (χ0n) is 3.77. The van der Waals surface area contributed by atoms with E-state index in [-0.39, 0.29) is 0 Å². The van der Waals surface area contributed by atoms with Crippen molar-refractivity contribution in [2.24, 2.45) is 0 Å². The highest BCUT2D eigenvalue weighted by Gasteiger charge is 2.07. The Bertz CT molecular complexity index is 40.8. The van der Waals surface area contributed by atoms with Gasteiger partial charge >= 0.3 is 0 Å². The Morgan fingerprint density at radius 2 is 2.83 bits per heavy atom. The Morgan fingerprint density at radius 1 is 2.00 bits per heavy atom. The van der Waals surface area contributed by atoms with Crippen LogP contribution in [0.2, 0.25) is 0 Å². The molecular formula is C4H8NO. The molecule has 2 nitrogen and oxygen atoms in total. The lowest BCUT2D eigenvalue weighted by atomic mass is 10.3. The first kappa shape index (κ1) is 4.09. The van der Waals surface area contributed by atoms with Gasteiger partial charge in [0.05, 0.1) is 6.61 Å². The van der Waals surface area contributed by atoms with Crippen molar-refractivity contribution < 1.29 is 4.84 Å². The molecule has 1 fully saturated rings. The van der Waals surface area contributed by atoms with Gasteiger partial charge in [-0.3, -0.25) is 0 Å². The van der Waals surface area contributed by atoms with E-state index in [1.54, 1.807) is 0 Å². The third kappa shape index (κ3) is 0.698. The highest BCUT2D eigenvalue weighted by Crippen LogP contribution is 1.95. The molecule has 0 aromatic carbocycles. The molecule has 1 aliphatic rings. The van der Waals surface area contributed by atoms with Crippen LogP contribution in [0.5, 0.6) is 0 Å². The fourth-order valence-corrected chi connectivity index (χ4v) is 0.420. The van der Waals surface area contributed by atoms with Gasteiger partial charge in [0.1, 0.15) is 0 Å². The van der Waals surface area contributed by atoms with Crippen molar-refractivity contribution >= 4 is 0 Å². The van der Waals surface area contributed by atoms with Crippen molar-refractivity contribution in [3.63, 3.8) is 0 Å². The lowest BCUT2D eigenvalue weighted by Gasteiger charge is -1.92. The Kier molecular flexibility index (Phi) is 1.08. The van der Waals surface area contributed by atoms with E-state index in [0.717, 1.165) is 6.61 Å². The molecule has 1 radical (unpaired) electrons. The van der Waals surface area contributed by atoms with Crippen molar-refractivity contribution in [3.8, 4) is 0 Å². The van der Waals surface area contributed by atoms with E-state index in [0.29, 0.717) is 6.04 Å². The van der Waals surface area contributed by atoms with Gasteiger partial charge in [-0.1, -0.05) is 0 Å². The maximum atomic E-state index is 4.75. The molecule has 0 bridgehead atoms.